The Hall–Kier alpha value is -0.0738. The van der Waals surface area contributed by atoms with Gasteiger partial charge < -0.3 is 28.4 Å². The zero-order chi connectivity index (χ0) is 7.52. The Bertz CT molecular complexity index is 323. The van der Waals surface area contributed by atoms with Crippen LogP contribution in [0.1, 0.15) is 0 Å². The summed E-state index contributed by atoms with van der Waals surface area (Å²) in [5.74, 6) is 0.616. The number of oxazole rings is 1. The Balaban J connectivity index is 0.000000720. The van der Waals surface area contributed by atoms with Gasteiger partial charge in [0.25, 0.3) is 0 Å². The summed E-state index contributed by atoms with van der Waals surface area (Å²) in [7, 11) is 0. The topological polar surface area (TPSA) is 26.0 Å². The van der Waals surface area contributed by atoms with Gasteiger partial charge in [0.05, 0.1) is 12.5 Å². The average Bonchev–Trinajstić information content (AvgIpc) is 2.58. The molecule has 2 nitrogen and oxygen atoms in total. The van der Waals surface area contributed by atoms with Crippen LogP contribution in [0.25, 0.3) is 11.5 Å². The molecule has 0 spiro atoms. The number of nitrogens with zero attached hydrogens (tertiary/aromatic N) is 1. The van der Waals surface area contributed by atoms with Crippen molar-refractivity contribution < 1.29 is 28.4 Å². The largest absolute Gasteiger partial charge is 2.00 e. The first-order chi connectivity index (χ1) is 5.47. The summed E-state index contributed by atoms with van der Waals surface area (Å²) in [6.07, 6.45) is 3.17. The van der Waals surface area contributed by atoms with E-state index in [4.69, 9.17) is 4.42 Å². The van der Waals surface area contributed by atoms with Crippen LogP contribution in [0.4, 0.5) is 0 Å². The van der Waals surface area contributed by atoms with E-state index in [-0.39, 0.29) is 47.0 Å². The molecule has 0 aliphatic rings. The molecule has 2 rings (SSSR count). The van der Waals surface area contributed by atoms with E-state index in [0.29, 0.717) is 5.89 Å². The van der Waals surface area contributed by atoms with Crippen molar-refractivity contribution in [2.45, 2.75) is 0 Å². The average molecular weight is 295 g/mol. The summed E-state index contributed by atoms with van der Waals surface area (Å²) >= 11 is 0. The fourth-order valence-electron chi connectivity index (χ4n) is 0.883. The molecule has 0 aliphatic heterocycles. The Morgan fingerprint density at radius 3 is 2.69 bits per heavy atom. The summed E-state index contributed by atoms with van der Waals surface area (Å²) in [5.41, 5.74) is 0.887. The summed E-state index contributed by atoms with van der Waals surface area (Å²) in [4.78, 5) is 3.99. The predicted molar refractivity (Wildman–Crippen MR) is 46.5 cm³/mol. The van der Waals surface area contributed by atoms with E-state index in [0.717, 1.165) is 5.56 Å². The van der Waals surface area contributed by atoms with Crippen molar-refractivity contribution in [1.29, 1.82) is 0 Å². The molecule has 0 atom stereocenters. The minimum atomic E-state index is 0. The van der Waals surface area contributed by atoms with E-state index in [9.17, 15) is 0 Å². The monoisotopic (exact) mass is 295 g/mol. The van der Waals surface area contributed by atoms with Crippen LogP contribution in [-0.4, -0.2) is 28.0 Å². The van der Waals surface area contributed by atoms with E-state index in [1.165, 1.54) is 0 Å². The Morgan fingerprint density at radius 2 is 2.15 bits per heavy atom. The maximum atomic E-state index is 5.08. The van der Waals surface area contributed by atoms with Gasteiger partial charge >= 0.3 is 23.1 Å². The van der Waals surface area contributed by atoms with Crippen molar-refractivity contribution in [2.24, 2.45) is 0 Å². The van der Waals surface area contributed by atoms with Gasteiger partial charge in [-0.3, -0.25) is 4.98 Å². The van der Waals surface area contributed by atoms with Crippen LogP contribution in [0.15, 0.2) is 41.1 Å². The summed E-state index contributed by atoms with van der Waals surface area (Å²) in [6.45, 7) is 0. The van der Waals surface area contributed by atoms with Crippen LogP contribution < -0.4 is 24.0 Å². The number of aromatic nitrogens is 1. The molecule has 0 radical (unpaired) electrons. The molecule has 0 saturated heterocycles. The molecular formula is C9H6IMgNO. The van der Waals surface area contributed by atoms with Crippen LogP contribution in [0.2, 0.25) is 0 Å². The molecule has 1 aromatic carbocycles. The number of halogens is 1. The van der Waals surface area contributed by atoms with E-state index in [2.05, 4.69) is 11.1 Å². The fraction of sp³-hybridized carbons (Fsp3) is 0. The first-order valence-corrected chi connectivity index (χ1v) is 3.33. The molecule has 4 heteroatoms. The zero-order valence-electron chi connectivity index (χ0n) is 6.90. The minimum absolute atomic E-state index is 0. The smallest absolute Gasteiger partial charge is 1.00 e. The van der Waals surface area contributed by atoms with Gasteiger partial charge in [-0.05, 0) is 0 Å². The molecule has 13 heavy (non-hydrogen) atoms. The van der Waals surface area contributed by atoms with Gasteiger partial charge in [-0.25, -0.2) is 0 Å². The third-order valence-corrected chi connectivity index (χ3v) is 1.37. The van der Waals surface area contributed by atoms with Crippen molar-refractivity contribution in [3.8, 4) is 11.5 Å². The maximum Gasteiger partial charge on any atom is 2.00 e. The molecule has 1 heterocycles. The minimum Gasteiger partial charge on any atom is -1.00 e. The summed E-state index contributed by atoms with van der Waals surface area (Å²) in [6, 6.07) is 10.6. The Labute approximate surface area is 110 Å². The summed E-state index contributed by atoms with van der Waals surface area (Å²) < 4.78 is 5.08. The normalized spacial score (nSPS) is 8.31. The quantitative estimate of drug-likeness (QED) is 0.374. The number of rotatable bonds is 1. The van der Waals surface area contributed by atoms with Crippen LogP contribution in [0.5, 0.6) is 0 Å². The van der Waals surface area contributed by atoms with E-state index >= 15 is 0 Å². The Morgan fingerprint density at radius 1 is 1.31 bits per heavy atom. The molecule has 0 N–H and O–H groups in total. The molecule has 2 aromatic rings. The molecule has 0 aliphatic carbocycles. The first-order valence-electron chi connectivity index (χ1n) is 3.33. The van der Waals surface area contributed by atoms with Gasteiger partial charge in [-0.15, -0.1) is 30.3 Å². The molecule has 0 unspecified atom stereocenters. The van der Waals surface area contributed by atoms with Crippen molar-refractivity contribution in [1.82, 2.24) is 4.98 Å². The molecule has 0 amide bonds. The van der Waals surface area contributed by atoms with Crippen LogP contribution >= 0.6 is 0 Å². The van der Waals surface area contributed by atoms with Crippen molar-refractivity contribution in [3.63, 3.8) is 0 Å². The maximum absolute atomic E-state index is 5.08. The third kappa shape index (κ3) is 3.28. The second-order valence-corrected chi connectivity index (χ2v) is 2.11. The molecule has 0 fully saturated rings. The molecule has 0 bridgehead atoms. The van der Waals surface area contributed by atoms with E-state index in [1.54, 1.807) is 12.5 Å². The molecule has 0 saturated carbocycles. The van der Waals surface area contributed by atoms with Gasteiger partial charge in [0.15, 0.2) is 0 Å². The number of benzene rings is 1. The number of hydrogen-bond acceptors (Lipinski definition) is 2. The number of hydrogen-bond donors (Lipinski definition) is 0. The fourth-order valence-corrected chi connectivity index (χ4v) is 0.883. The third-order valence-electron chi connectivity index (χ3n) is 1.37. The molecular weight excluding hydrogens is 289 g/mol. The first kappa shape index (κ1) is 12.9. The van der Waals surface area contributed by atoms with Crippen LogP contribution in [0.3, 0.4) is 0 Å². The van der Waals surface area contributed by atoms with Crippen molar-refractivity contribution in [3.05, 3.63) is 42.8 Å². The van der Waals surface area contributed by atoms with Crippen molar-refractivity contribution in [2.75, 3.05) is 0 Å². The van der Waals surface area contributed by atoms with Crippen molar-refractivity contribution >= 4 is 23.1 Å². The SMILES string of the molecule is [I-].[Mg+2].[c-]1ccccc1-c1ncco1. The summed E-state index contributed by atoms with van der Waals surface area (Å²) in [5, 5.41) is 0. The molecule has 62 valence electrons. The van der Waals surface area contributed by atoms with Gasteiger partial charge in [-0.2, -0.15) is 0 Å². The van der Waals surface area contributed by atoms with Gasteiger partial charge in [0.2, 0.25) is 0 Å². The van der Waals surface area contributed by atoms with E-state index < -0.39 is 0 Å². The van der Waals surface area contributed by atoms with Crippen LogP contribution in [-0.2, 0) is 0 Å². The van der Waals surface area contributed by atoms with E-state index in [1.807, 2.05) is 24.3 Å². The molecule has 1 aromatic heterocycles. The van der Waals surface area contributed by atoms with Gasteiger partial charge in [-0.1, -0.05) is 5.56 Å². The van der Waals surface area contributed by atoms with Crippen LogP contribution in [0, 0.1) is 6.07 Å². The second-order valence-electron chi connectivity index (χ2n) is 2.11. The Kier molecular flexibility index (Phi) is 6.35. The second kappa shape index (κ2) is 6.39. The van der Waals surface area contributed by atoms with Gasteiger partial charge in [0, 0.05) is 0 Å². The zero-order valence-corrected chi connectivity index (χ0v) is 10.5. The standard InChI is InChI=1S/C9H6NO.HI.Mg/c1-2-4-8(5-3-1)9-10-6-7-11-9;;/h1-4,6-7H;1H;/q-1;;+2/p-1. The van der Waals surface area contributed by atoms with Gasteiger partial charge in [0.1, 0.15) is 5.89 Å². The predicted octanol–water partition coefficient (Wildman–Crippen LogP) is -1.24.